The van der Waals surface area contributed by atoms with Crippen LogP contribution in [0.15, 0.2) is 279 Å². The fourth-order valence-corrected chi connectivity index (χ4v) is 14.2. The predicted molar refractivity (Wildman–Crippen MR) is 329 cm³/mol. The highest BCUT2D eigenvalue weighted by molar-refractivity contribution is 6.01. The molecule has 0 saturated carbocycles. The minimum Gasteiger partial charge on any atom is -0.310 e. The molecule has 0 aliphatic heterocycles. The SMILES string of the molecule is CC1(C)c2ccccc2-c2ccc(N(c3ccc(-c4ccc(-c5c6c(c(-c7ccccc7)n5-c5ccccc5)C(c5ccccc5)(c5ccccc5)c5ccccc5-6)cc4)cc3)c3ccc4c(c3)C(C)(C)c3ccccc3-4)cc21. The van der Waals surface area contributed by atoms with Crippen LogP contribution in [0.5, 0.6) is 0 Å². The van der Waals surface area contributed by atoms with E-state index in [0.717, 1.165) is 39.4 Å². The number of anilines is 3. The van der Waals surface area contributed by atoms with Crippen molar-refractivity contribution < 1.29 is 0 Å². The molecule has 0 N–H and O–H groups in total. The molecule has 3 aliphatic carbocycles. The van der Waals surface area contributed by atoms with Gasteiger partial charge in [0.05, 0.1) is 16.8 Å². The first-order valence-electron chi connectivity index (χ1n) is 27.8. The van der Waals surface area contributed by atoms with Crippen molar-refractivity contribution in [3.8, 4) is 72.7 Å². The average molecular weight is 1010 g/mol. The lowest BCUT2D eigenvalue weighted by atomic mass is 9.67. The molecule has 3 aliphatic rings. The van der Waals surface area contributed by atoms with Gasteiger partial charge in [-0.05, 0) is 138 Å². The van der Waals surface area contributed by atoms with E-state index in [4.69, 9.17) is 0 Å². The Morgan fingerprint density at radius 3 is 1.19 bits per heavy atom. The predicted octanol–water partition coefficient (Wildman–Crippen LogP) is 19.9. The maximum atomic E-state index is 2.55. The first-order valence-corrected chi connectivity index (χ1v) is 27.8. The Morgan fingerprint density at radius 1 is 0.291 bits per heavy atom. The summed E-state index contributed by atoms with van der Waals surface area (Å²) in [4.78, 5) is 2.47. The van der Waals surface area contributed by atoms with Crippen LogP contribution in [0.2, 0.25) is 0 Å². The van der Waals surface area contributed by atoms with Crippen LogP contribution in [0.3, 0.4) is 0 Å². The van der Waals surface area contributed by atoms with Crippen LogP contribution in [0.4, 0.5) is 17.1 Å². The van der Waals surface area contributed by atoms with Crippen molar-refractivity contribution in [1.29, 1.82) is 0 Å². The summed E-state index contributed by atoms with van der Waals surface area (Å²) in [6, 6.07) is 104. The van der Waals surface area contributed by atoms with E-state index in [1.54, 1.807) is 0 Å². The van der Waals surface area contributed by atoms with E-state index < -0.39 is 5.41 Å². The summed E-state index contributed by atoms with van der Waals surface area (Å²) in [5.41, 5.74) is 29.1. The van der Waals surface area contributed by atoms with E-state index >= 15 is 0 Å². The van der Waals surface area contributed by atoms with Gasteiger partial charge < -0.3 is 9.47 Å². The Kier molecular flexibility index (Phi) is 10.5. The minimum absolute atomic E-state index is 0.132. The summed E-state index contributed by atoms with van der Waals surface area (Å²) in [6.45, 7) is 9.49. The molecule has 1 aromatic heterocycles. The van der Waals surface area contributed by atoms with Crippen LogP contribution in [0.1, 0.15) is 72.2 Å². The van der Waals surface area contributed by atoms with Crippen LogP contribution in [0, 0.1) is 0 Å². The van der Waals surface area contributed by atoms with Gasteiger partial charge in [-0.3, -0.25) is 0 Å². The van der Waals surface area contributed by atoms with E-state index in [1.165, 1.54) is 94.8 Å². The Bertz CT molecular complexity index is 4170. The quantitative estimate of drug-likeness (QED) is 0.140. The van der Waals surface area contributed by atoms with Gasteiger partial charge in [0.25, 0.3) is 0 Å². The summed E-state index contributed by atoms with van der Waals surface area (Å²) in [5, 5.41) is 0. The van der Waals surface area contributed by atoms with Crippen LogP contribution in [-0.2, 0) is 16.2 Å². The molecule has 0 amide bonds. The smallest absolute Gasteiger partial charge is 0.0735 e. The summed E-state index contributed by atoms with van der Waals surface area (Å²) < 4.78 is 2.55. The van der Waals surface area contributed by atoms with Crippen molar-refractivity contribution in [1.82, 2.24) is 4.57 Å². The topological polar surface area (TPSA) is 8.17 Å². The van der Waals surface area contributed by atoms with Crippen molar-refractivity contribution in [2.24, 2.45) is 0 Å². The van der Waals surface area contributed by atoms with Gasteiger partial charge in [0.2, 0.25) is 0 Å². The van der Waals surface area contributed by atoms with Crippen molar-refractivity contribution in [2.45, 2.75) is 43.9 Å². The molecular weight excluding hydrogens is 953 g/mol. The Balaban J connectivity index is 0.884. The monoisotopic (exact) mass is 1010 g/mol. The number of benzene rings is 11. The van der Waals surface area contributed by atoms with Crippen molar-refractivity contribution in [3.63, 3.8) is 0 Å². The fourth-order valence-electron chi connectivity index (χ4n) is 14.2. The normalized spacial score (nSPS) is 14.4. The third-order valence-electron chi connectivity index (χ3n) is 17.9. The molecule has 0 radical (unpaired) electrons. The van der Waals surface area contributed by atoms with Gasteiger partial charge in [0.15, 0.2) is 0 Å². The summed E-state index contributed by atoms with van der Waals surface area (Å²) in [7, 11) is 0. The molecule has 11 aromatic carbocycles. The summed E-state index contributed by atoms with van der Waals surface area (Å²) >= 11 is 0. The molecule has 0 saturated heterocycles. The number of fused-ring (bicyclic) bond motifs is 9. The third kappa shape index (κ3) is 6.90. The molecule has 1 heterocycles. The molecule has 79 heavy (non-hydrogen) atoms. The molecule has 0 bridgehead atoms. The zero-order valence-corrected chi connectivity index (χ0v) is 45.0. The van der Waals surface area contributed by atoms with E-state index in [-0.39, 0.29) is 10.8 Å². The number of hydrogen-bond acceptors (Lipinski definition) is 1. The minimum atomic E-state index is -0.605. The van der Waals surface area contributed by atoms with Crippen LogP contribution in [0.25, 0.3) is 72.7 Å². The van der Waals surface area contributed by atoms with Gasteiger partial charge in [-0.15, -0.1) is 0 Å². The second-order valence-electron chi connectivity index (χ2n) is 22.8. The van der Waals surface area contributed by atoms with Crippen LogP contribution >= 0.6 is 0 Å². The first-order chi connectivity index (χ1) is 38.7. The Labute approximate surface area is 464 Å². The maximum Gasteiger partial charge on any atom is 0.0735 e. The van der Waals surface area contributed by atoms with Crippen LogP contribution < -0.4 is 4.90 Å². The zero-order valence-electron chi connectivity index (χ0n) is 45.0. The molecule has 2 heteroatoms. The van der Waals surface area contributed by atoms with Crippen molar-refractivity contribution in [2.75, 3.05) is 4.90 Å². The number of rotatable bonds is 9. The van der Waals surface area contributed by atoms with Crippen molar-refractivity contribution in [3.05, 3.63) is 324 Å². The number of aromatic nitrogens is 1. The van der Waals surface area contributed by atoms with Gasteiger partial charge in [-0.1, -0.05) is 258 Å². The molecule has 0 unspecified atom stereocenters. The average Bonchev–Trinajstić information content (AvgIpc) is 3.09. The summed E-state index contributed by atoms with van der Waals surface area (Å²) in [6.07, 6.45) is 0. The van der Waals surface area contributed by atoms with Gasteiger partial charge >= 0.3 is 0 Å². The number of nitrogens with zero attached hydrogens (tertiary/aromatic N) is 2. The first kappa shape index (κ1) is 46.8. The molecule has 12 aromatic rings. The molecule has 0 atom stereocenters. The van der Waals surface area contributed by atoms with Gasteiger partial charge in [-0.2, -0.15) is 0 Å². The van der Waals surface area contributed by atoms with Gasteiger partial charge in [-0.25, -0.2) is 0 Å². The Hall–Kier alpha value is -9.50. The standard InChI is InChI=1S/C77H58N2/c1-75(2)66-34-20-17-31-61(66)63-47-45-59(49-69(63)75)78(60-46-48-64-62-32-18-21-35-67(62)76(3,4)70(64)50-60)58-43-41-52(42-44-58)51-37-39-54(40-38-51)73-71-65-33-19-22-36-68(65)77(55-25-11-6-12-26-55,56-27-13-7-14-28-56)72(71)74(53-23-9-5-10-24-53)79(73)57-29-15-8-16-30-57/h5-50H,1-4H3. The Morgan fingerprint density at radius 2 is 0.671 bits per heavy atom. The highest BCUT2D eigenvalue weighted by Crippen LogP contribution is 2.63. The molecule has 376 valence electrons. The fraction of sp³-hybridized carbons (Fsp3) is 0.0909. The van der Waals surface area contributed by atoms with Gasteiger partial charge in [0, 0.05) is 44.7 Å². The van der Waals surface area contributed by atoms with E-state index in [0.29, 0.717) is 0 Å². The number of para-hydroxylation sites is 1. The second kappa shape index (κ2) is 17.8. The van der Waals surface area contributed by atoms with E-state index in [1.807, 2.05) is 0 Å². The lowest BCUT2D eigenvalue weighted by molar-refractivity contribution is 0.660. The highest BCUT2D eigenvalue weighted by Gasteiger charge is 2.51. The largest absolute Gasteiger partial charge is 0.310 e. The van der Waals surface area contributed by atoms with E-state index in [2.05, 4.69) is 316 Å². The highest BCUT2D eigenvalue weighted by atomic mass is 15.1. The lowest BCUT2D eigenvalue weighted by Crippen LogP contribution is -2.29. The maximum absolute atomic E-state index is 2.55. The zero-order chi connectivity index (χ0) is 53.0. The van der Waals surface area contributed by atoms with E-state index in [9.17, 15) is 0 Å². The van der Waals surface area contributed by atoms with Gasteiger partial charge in [0.1, 0.15) is 0 Å². The molecular formula is C77H58N2. The van der Waals surface area contributed by atoms with Crippen molar-refractivity contribution >= 4 is 17.1 Å². The molecule has 2 nitrogen and oxygen atoms in total. The molecule has 0 spiro atoms. The lowest BCUT2D eigenvalue weighted by Gasteiger charge is -2.34. The van der Waals surface area contributed by atoms with Crippen LogP contribution in [-0.4, -0.2) is 4.57 Å². The molecule has 15 rings (SSSR count). The summed E-state index contributed by atoms with van der Waals surface area (Å²) in [5.74, 6) is 0. The third-order valence-corrected chi connectivity index (χ3v) is 17.9. The second-order valence-corrected chi connectivity index (χ2v) is 22.8. The molecule has 0 fully saturated rings. The number of hydrogen-bond donors (Lipinski definition) is 0.